The highest BCUT2D eigenvalue weighted by Crippen LogP contribution is 2.38. The van der Waals surface area contributed by atoms with Gasteiger partial charge in [-0.3, -0.25) is 10.2 Å². The second kappa shape index (κ2) is 8.38. The Morgan fingerprint density at radius 2 is 1.45 bits per heavy atom. The van der Waals surface area contributed by atoms with Gasteiger partial charge in [0.2, 0.25) is 5.75 Å². The van der Waals surface area contributed by atoms with Crippen LogP contribution in [0.15, 0.2) is 59.5 Å². The Labute approximate surface area is 168 Å². The number of carbonyl (C=O) groups excluding carboxylic acids is 1. The molecule has 0 fully saturated rings. The van der Waals surface area contributed by atoms with Gasteiger partial charge in [0.15, 0.2) is 11.5 Å². The SMILES string of the molecule is COc1cc(C(=O)NNS(=O)(=O)c2ccc3ccccc3c2)cc(OC)c1OC. The van der Waals surface area contributed by atoms with Crippen molar-refractivity contribution >= 4 is 26.7 Å². The summed E-state index contributed by atoms with van der Waals surface area (Å²) in [4.78, 5) is 14.6. The first-order valence-corrected chi connectivity index (χ1v) is 9.99. The van der Waals surface area contributed by atoms with Gasteiger partial charge in [0.05, 0.1) is 26.2 Å². The first-order valence-electron chi connectivity index (χ1n) is 8.50. The lowest BCUT2D eigenvalue weighted by Gasteiger charge is -2.14. The second-order valence-corrected chi connectivity index (χ2v) is 7.66. The normalized spacial score (nSPS) is 11.1. The van der Waals surface area contributed by atoms with Crippen LogP contribution in [0.25, 0.3) is 10.8 Å². The van der Waals surface area contributed by atoms with E-state index < -0.39 is 15.9 Å². The Bertz CT molecular complexity index is 1140. The largest absolute Gasteiger partial charge is 0.493 e. The van der Waals surface area contributed by atoms with Gasteiger partial charge in [-0.1, -0.05) is 30.3 Å². The first-order chi connectivity index (χ1) is 13.9. The Balaban J connectivity index is 1.82. The number of carbonyl (C=O) groups is 1. The van der Waals surface area contributed by atoms with Crippen LogP contribution >= 0.6 is 0 Å². The monoisotopic (exact) mass is 416 g/mol. The molecule has 0 atom stereocenters. The molecule has 0 aliphatic rings. The fourth-order valence-corrected chi connectivity index (χ4v) is 3.67. The van der Waals surface area contributed by atoms with Crippen LogP contribution in [0, 0.1) is 0 Å². The Kier molecular flexibility index (Phi) is 5.90. The summed E-state index contributed by atoms with van der Waals surface area (Å²) in [5, 5.41) is 1.68. The fraction of sp³-hybridized carbons (Fsp3) is 0.150. The highest BCUT2D eigenvalue weighted by molar-refractivity contribution is 7.89. The lowest BCUT2D eigenvalue weighted by Crippen LogP contribution is -2.41. The van der Waals surface area contributed by atoms with E-state index >= 15 is 0 Å². The lowest BCUT2D eigenvalue weighted by atomic mass is 10.1. The standard InChI is InChI=1S/C20H20N2O6S/c1-26-17-11-15(12-18(27-2)19(17)28-3)20(23)21-22-29(24,25)16-9-8-13-6-4-5-7-14(13)10-16/h4-12,22H,1-3H3,(H,21,23). The molecule has 0 heterocycles. The third-order valence-corrected chi connectivity index (χ3v) is 5.50. The van der Waals surface area contributed by atoms with Crippen LogP contribution in [-0.4, -0.2) is 35.7 Å². The molecule has 0 unspecified atom stereocenters. The number of hydrogen-bond donors (Lipinski definition) is 2. The molecule has 0 saturated carbocycles. The quantitative estimate of drug-likeness (QED) is 0.574. The van der Waals surface area contributed by atoms with Crippen LogP contribution in [-0.2, 0) is 10.0 Å². The molecule has 0 saturated heterocycles. The van der Waals surface area contributed by atoms with E-state index in [9.17, 15) is 13.2 Å². The Morgan fingerprint density at radius 3 is 2.03 bits per heavy atom. The first kappa shape index (κ1) is 20.4. The zero-order valence-corrected chi connectivity index (χ0v) is 16.9. The predicted molar refractivity (Wildman–Crippen MR) is 108 cm³/mol. The van der Waals surface area contributed by atoms with E-state index in [-0.39, 0.29) is 22.0 Å². The summed E-state index contributed by atoms with van der Waals surface area (Å²) < 4.78 is 40.7. The van der Waals surface area contributed by atoms with E-state index in [2.05, 4.69) is 10.3 Å². The van der Waals surface area contributed by atoms with Crippen molar-refractivity contribution in [2.45, 2.75) is 4.90 Å². The molecular formula is C20H20N2O6S. The molecule has 152 valence electrons. The molecule has 0 spiro atoms. The summed E-state index contributed by atoms with van der Waals surface area (Å²) in [6.45, 7) is 0. The van der Waals surface area contributed by atoms with Crippen LogP contribution in [0.4, 0.5) is 0 Å². The van der Waals surface area contributed by atoms with Crippen LogP contribution in [0.5, 0.6) is 17.2 Å². The van der Waals surface area contributed by atoms with Gasteiger partial charge in [-0.25, -0.2) is 8.42 Å². The third kappa shape index (κ3) is 4.25. The van der Waals surface area contributed by atoms with Gasteiger partial charge in [-0.05, 0) is 35.0 Å². The van der Waals surface area contributed by atoms with Crippen molar-refractivity contribution in [1.82, 2.24) is 10.3 Å². The van der Waals surface area contributed by atoms with Gasteiger partial charge >= 0.3 is 0 Å². The van der Waals surface area contributed by atoms with Crippen molar-refractivity contribution in [2.24, 2.45) is 0 Å². The molecule has 0 aromatic heterocycles. The second-order valence-electron chi connectivity index (χ2n) is 5.98. The van der Waals surface area contributed by atoms with E-state index in [1.54, 1.807) is 6.07 Å². The molecule has 0 aliphatic carbocycles. The van der Waals surface area contributed by atoms with Crippen molar-refractivity contribution < 1.29 is 27.4 Å². The maximum Gasteiger partial charge on any atom is 0.266 e. The highest BCUT2D eigenvalue weighted by atomic mass is 32.2. The average Bonchev–Trinajstić information content (AvgIpc) is 2.75. The molecule has 1 amide bonds. The molecule has 0 bridgehead atoms. The number of ether oxygens (including phenoxy) is 3. The smallest absolute Gasteiger partial charge is 0.266 e. The summed E-state index contributed by atoms with van der Waals surface area (Å²) in [6, 6.07) is 14.9. The minimum absolute atomic E-state index is 0.0291. The summed E-state index contributed by atoms with van der Waals surface area (Å²) in [5.74, 6) is 0.181. The average molecular weight is 416 g/mol. The minimum atomic E-state index is -3.97. The molecule has 2 N–H and O–H groups in total. The van der Waals surface area contributed by atoms with E-state index in [1.165, 1.54) is 45.6 Å². The highest BCUT2D eigenvalue weighted by Gasteiger charge is 2.19. The Morgan fingerprint density at radius 1 is 0.828 bits per heavy atom. The predicted octanol–water partition coefficient (Wildman–Crippen LogP) is 2.49. The van der Waals surface area contributed by atoms with E-state index in [4.69, 9.17) is 14.2 Å². The van der Waals surface area contributed by atoms with Crippen molar-refractivity contribution in [3.8, 4) is 17.2 Å². The third-order valence-electron chi connectivity index (χ3n) is 4.26. The molecule has 9 heteroatoms. The molecule has 0 radical (unpaired) electrons. The molecule has 8 nitrogen and oxygen atoms in total. The number of fused-ring (bicyclic) bond motifs is 1. The molecule has 29 heavy (non-hydrogen) atoms. The maximum atomic E-state index is 12.6. The number of benzene rings is 3. The van der Waals surface area contributed by atoms with E-state index in [1.807, 2.05) is 24.3 Å². The number of amides is 1. The lowest BCUT2D eigenvalue weighted by molar-refractivity contribution is 0.0944. The Hall–Kier alpha value is -3.30. The molecular weight excluding hydrogens is 396 g/mol. The number of hydrogen-bond acceptors (Lipinski definition) is 6. The molecule has 3 rings (SSSR count). The van der Waals surface area contributed by atoms with Crippen molar-refractivity contribution in [3.63, 3.8) is 0 Å². The summed E-state index contributed by atoms with van der Waals surface area (Å²) in [5.41, 5.74) is 2.32. The summed E-state index contributed by atoms with van der Waals surface area (Å²) >= 11 is 0. The molecule has 3 aromatic rings. The van der Waals surface area contributed by atoms with E-state index in [0.717, 1.165) is 10.8 Å². The van der Waals surface area contributed by atoms with Gasteiger partial charge in [0.25, 0.3) is 15.9 Å². The zero-order chi connectivity index (χ0) is 21.0. The number of nitrogens with one attached hydrogen (secondary N) is 2. The van der Waals surface area contributed by atoms with Crippen molar-refractivity contribution in [2.75, 3.05) is 21.3 Å². The summed E-state index contributed by atoms with van der Waals surface area (Å²) in [6.07, 6.45) is 0. The minimum Gasteiger partial charge on any atom is -0.493 e. The van der Waals surface area contributed by atoms with Crippen LogP contribution in [0.2, 0.25) is 0 Å². The van der Waals surface area contributed by atoms with E-state index in [0.29, 0.717) is 5.75 Å². The van der Waals surface area contributed by atoms with Crippen molar-refractivity contribution in [3.05, 3.63) is 60.2 Å². The van der Waals surface area contributed by atoms with Gasteiger partial charge < -0.3 is 14.2 Å². The van der Waals surface area contributed by atoms with Crippen LogP contribution in [0.1, 0.15) is 10.4 Å². The van der Waals surface area contributed by atoms with Crippen molar-refractivity contribution in [1.29, 1.82) is 0 Å². The van der Waals surface area contributed by atoms with Gasteiger partial charge in [0, 0.05) is 5.56 Å². The topological polar surface area (TPSA) is 103 Å². The van der Waals surface area contributed by atoms with Gasteiger partial charge in [0.1, 0.15) is 0 Å². The van der Waals surface area contributed by atoms with Crippen LogP contribution < -0.4 is 24.5 Å². The number of methoxy groups -OCH3 is 3. The number of hydrazine groups is 1. The van der Waals surface area contributed by atoms with Gasteiger partial charge in [-0.15, -0.1) is 4.83 Å². The number of rotatable bonds is 7. The van der Waals surface area contributed by atoms with Gasteiger partial charge in [-0.2, -0.15) is 0 Å². The zero-order valence-electron chi connectivity index (χ0n) is 16.1. The molecule has 0 aliphatic heterocycles. The number of sulfonamides is 1. The summed E-state index contributed by atoms with van der Waals surface area (Å²) in [7, 11) is 0.310. The molecule has 3 aromatic carbocycles. The fourth-order valence-electron chi connectivity index (χ4n) is 2.79. The maximum absolute atomic E-state index is 12.6. The van der Waals surface area contributed by atoms with Crippen LogP contribution in [0.3, 0.4) is 0 Å².